The molecule has 0 saturated carbocycles. The van der Waals surface area contributed by atoms with Gasteiger partial charge in [-0.05, 0) is 49.3 Å². The molecule has 1 atom stereocenters. The summed E-state index contributed by atoms with van der Waals surface area (Å²) in [5.41, 5.74) is 1.29. The second-order valence-electron chi connectivity index (χ2n) is 7.86. The van der Waals surface area contributed by atoms with Crippen LogP contribution < -0.4 is 5.32 Å². The van der Waals surface area contributed by atoms with E-state index >= 15 is 0 Å². The molecule has 0 aromatic heterocycles. The van der Waals surface area contributed by atoms with E-state index in [2.05, 4.69) is 19.2 Å². The molecule has 8 heteroatoms. The lowest BCUT2D eigenvalue weighted by Gasteiger charge is -2.35. The molecule has 2 aliphatic rings. The molecule has 158 valence electrons. The number of cyclic esters (lactones) is 1. The van der Waals surface area contributed by atoms with Crippen LogP contribution in [-0.4, -0.2) is 70.5 Å². The van der Waals surface area contributed by atoms with Crippen molar-refractivity contribution in [1.82, 2.24) is 9.80 Å². The number of carbonyl (C=O) groups is 3. The van der Waals surface area contributed by atoms with Crippen LogP contribution in [0.15, 0.2) is 24.3 Å². The first-order valence-corrected chi connectivity index (χ1v) is 11.2. The van der Waals surface area contributed by atoms with Gasteiger partial charge in [0.25, 0.3) is 5.91 Å². The second-order valence-corrected chi connectivity index (χ2v) is 9.42. The zero-order valence-corrected chi connectivity index (χ0v) is 18.0. The van der Waals surface area contributed by atoms with Gasteiger partial charge in [-0.1, -0.05) is 13.8 Å². The summed E-state index contributed by atoms with van der Waals surface area (Å²) in [6.45, 7) is 7.86. The molecule has 3 amide bonds. The molecule has 0 radical (unpaired) electrons. The van der Waals surface area contributed by atoms with Gasteiger partial charge in [-0.3, -0.25) is 9.59 Å². The van der Waals surface area contributed by atoms with Crippen molar-refractivity contribution in [3.8, 4) is 0 Å². The van der Waals surface area contributed by atoms with Gasteiger partial charge in [0.1, 0.15) is 6.10 Å². The molecule has 0 spiro atoms. The van der Waals surface area contributed by atoms with E-state index in [0.717, 1.165) is 12.8 Å². The summed E-state index contributed by atoms with van der Waals surface area (Å²) in [5, 5.41) is 3.26. The average molecular weight is 420 g/mol. The third-order valence-electron chi connectivity index (χ3n) is 5.15. The predicted molar refractivity (Wildman–Crippen MR) is 114 cm³/mol. The zero-order chi connectivity index (χ0) is 21.0. The maximum Gasteiger partial charge on any atom is 0.410 e. The molecule has 2 saturated heterocycles. The van der Waals surface area contributed by atoms with E-state index in [9.17, 15) is 14.4 Å². The van der Waals surface area contributed by atoms with Gasteiger partial charge in [-0.25, -0.2) is 4.79 Å². The smallest absolute Gasteiger partial charge is 0.410 e. The molecule has 0 aliphatic carbocycles. The Bertz CT molecular complexity index is 745. The molecule has 3 rings (SSSR count). The van der Waals surface area contributed by atoms with Gasteiger partial charge in [-0.15, -0.1) is 11.8 Å². The first-order chi connectivity index (χ1) is 13.8. The number of carbonyl (C=O) groups excluding carboxylic acids is 3. The van der Waals surface area contributed by atoms with Crippen LogP contribution in [0.5, 0.6) is 0 Å². The molecule has 0 bridgehead atoms. The number of rotatable bonds is 6. The quantitative estimate of drug-likeness (QED) is 0.766. The first kappa shape index (κ1) is 21.5. The zero-order valence-electron chi connectivity index (χ0n) is 17.2. The Morgan fingerprint density at radius 2 is 1.86 bits per heavy atom. The van der Waals surface area contributed by atoms with Gasteiger partial charge in [-0.2, -0.15) is 0 Å². The summed E-state index contributed by atoms with van der Waals surface area (Å²) >= 11 is 1.59. The molecule has 2 heterocycles. The molecule has 1 N–H and O–H groups in total. The highest BCUT2D eigenvalue weighted by Crippen LogP contribution is 2.23. The van der Waals surface area contributed by atoms with E-state index in [4.69, 9.17) is 4.74 Å². The highest BCUT2D eigenvalue weighted by molar-refractivity contribution is 8.00. The van der Waals surface area contributed by atoms with E-state index in [-0.39, 0.29) is 30.1 Å². The van der Waals surface area contributed by atoms with Gasteiger partial charge in [0, 0.05) is 30.4 Å². The summed E-state index contributed by atoms with van der Waals surface area (Å²) in [7, 11) is 0. The van der Waals surface area contributed by atoms with E-state index < -0.39 is 0 Å². The minimum absolute atomic E-state index is 0.0194. The van der Waals surface area contributed by atoms with Crippen LogP contribution in [0, 0.1) is 0 Å². The van der Waals surface area contributed by atoms with Crippen molar-refractivity contribution in [2.45, 2.75) is 51.0 Å². The number of nitrogens with one attached hydrogen (secondary N) is 1. The molecule has 2 fully saturated rings. The third kappa shape index (κ3) is 5.65. The van der Waals surface area contributed by atoms with Crippen molar-refractivity contribution >= 4 is 35.4 Å². The number of benzene rings is 1. The van der Waals surface area contributed by atoms with E-state index in [0.29, 0.717) is 41.9 Å². The number of ether oxygens (including phenoxy) is 1. The Hall–Kier alpha value is -2.22. The summed E-state index contributed by atoms with van der Waals surface area (Å²) in [5.74, 6) is 0.352. The van der Waals surface area contributed by atoms with E-state index in [1.165, 1.54) is 0 Å². The normalized spacial score (nSPS) is 20.1. The maximum atomic E-state index is 12.8. The maximum absolute atomic E-state index is 12.8. The summed E-state index contributed by atoms with van der Waals surface area (Å²) in [6.07, 6.45) is 1.21. The molecular weight excluding hydrogens is 390 g/mol. The number of likely N-dealkylation sites (tertiary alicyclic amines) is 1. The predicted octanol–water partition coefficient (Wildman–Crippen LogP) is 3.21. The number of anilines is 1. The standard InChI is InChI=1S/C21H29N3O4S/c1-14(2)29-13-19(25)22-17-6-4-16(5-7-17)20(26)23-10-8-18(9-11-23)24-12-15(3)28-21(24)27/h4-7,14-15,18H,8-13H2,1-3H3,(H,22,25). The summed E-state index contributed by atoms with van der Waals surface area (Å²) in [6, 6.07) is 7.16. The summed E-state index contributed by atoms with van der Waals surface area (Å²) in [4.78, 5) is 40.2. The topological polar surface area (TPSA) is 79.0 Å². The minimum Gasteiger partial charge on any atom is -0.444 e. The highest BCUT2D eigenvalue weighted by atomic mass is 32.2. The van der Waals surface area contributed by atoms with Gasteiger partial charge in [0.05, 0.1) is 12.3 Å². The van der Waals surface area contributed by atoms with Crippen LogP contribution in [0.2, 0.25) is 0 Å². The van der Waals surface area contributed by atoms with Gasteiger partial charge >= 0.3 is 6.09 Å². The monoisotopic (exact) mass is 419 g/mol. The third-order valence-corrected chi connectivity index (χ3v) is 6.24. The van der Waals surface area contributed by atoms with Crippen molar-refractivity contribution in [2.24, 2.45) is 0 Å². The fourth-order valence-corrected chi connectivity index (χ4v) is 4.18. The van der Waals surface area contributed by atoms with Crippen LogP contribution >= 0.6 is 11.8 Å². The Kier molecular flexibility index (Phi) is 7.05. The molecule has 29 heavy (non-hydrogen) atoms. The molecule has 7 nitrogen and oxygen atoms in total. The number of amides is 3. The Morgan fingerprint density at radius 3 is 2.41 bits per heavy atom. The van der Waals surface area contributed by atoms with E-state index in [1.807, 2.05) is 11.8 Å². The van der Waals surface area contributed by atoms with Crippen LogP contribution in [0.25, 0.3) is 0 Å². The lowest BCUT2D eigenvalue weighted by Crippen LogP contribution is -2.47. The highest BCUT2D eigenvalue weighted by Gasteiger charge is 2.36. The van der Waals surface area contributed by atoms with Crippen LogP contribution in [0.4, 0.5) is 10.5 Å². The number of piperidine rings is 1. The van der Waals surface area contributed by atoms with Gasteiger partial charge < -0.3 is 19.9 Å². The van der Waals surface area contributed by atoms with Crippen molar-refractivity contribution < 1.29 is 19.1 Å². The van der Waals surface area contributed by atoms with Crippen molar-refractivity contribution in [1.29, 1.82) is 0 Å². The summed E-state index contributed by atoms with van der Waals surface area (Å²) < 4.78 is 5.21. The number of hydrogen-bond donors (Lipinski definition) is 1. The largest absolute Gasteiger partial charge is 0.444 e. The fourth-order valence-electron chi connectivity index (χ4n) is 3.63. The first-order valence-electron chi connectivity index (χ1n) is 10.1. The minimum atomic E-state index is -0.244. The van der Waals surface area contributed by atoms with Crippen molar-refractivity contribution in [3.05, 3.63) is 29.8 Å². The Balaban J connectivity index is 1.49. The van der Waals surface area contributed by atoms with Crippen LogP contribution in [-0.2, 0) is 9.53 Å². The molecular formula is C21H29N3O4S. The average Bonchev–Trinajstić information content (AvgIpc) is 3.04. The molecule has 2 aliphatic heterocycles. The number of thioether (sulfide) groups is 1. The van der Waals surface area contributed by atoms with Crippen LogP contribution in [0.1, 0.15) is 44.0 Å². The Labute approximate surface area is 176 Å². The van der Waals surface area contributed by atoms with Gasteiger partial charge in [0.2, 0.25) is 5.91 Å². The van der Waals surface area contributed by atoms with Crippen molar-refractivity contribution in [2.75, 3.05) is 30.7 Å². The number of hydrogen-bond acceptors (Lipinski definition) is 5. The molecule has 1 aromatic rings. The van der Waals surface area contributed by atoms with Crippen LogP contribution in [0.3, 0.4) is 0 Å². The Morgan fingerprint density at radius 1 is 1.21 bits per heavy atom. The van der Waals surface area contributed by atoms with Crippen molar-refractivity contribution in [3.63, 3.8) is 0 Å². The molecule has 1 aromatic carbocycles. The lowest BCUT2D eigenvalue weighted by atomic mass is 10.0. The second kappa shape index (κ2) is 9.52. The lowest BCUT2D eigenvalue weighted by molar-refractivity contribution is -0.113. The number of nitrogens with zero attached hydrogens (tertiary/aromatic N) is 2. The fraction of sp³-hybridized carbons (Fsp3) is 0.571. The SMILES string of the molecule is CC1CN(C2CCN(C(=O)c3ccc(NC(=O)CSC(C)C)cc3)CC2)C(=O)O1. The molecule has 1 unspecified atom stereocenters. The van der Waals surface area contributed by atoms with E-state index in [1.54, 1.807) is 40.9 Å². The van der Waals surface area contributed by atoms with Gasteiger partial charge in [0.15, 0.2) is 0 Å².